The predicted octanol–water partition coefficient (Wildman–Crippen LogP) is 4.77. The molecule has 0 aliphatic rings. The van der Waals surface area contributed by atoms with Gasteiger partial charge < -0.3 is 4.90 Å². The Bertz CT molecular complexity index is 1130. The van der Waals surface area contributed by atoms with Crippen LogP contribution >= 0.6 is 11.3 Å². The molecule has 0 radical (unpaired) electrons. The van der Waals surface area contributed by atoms with Crippen molar-refractivity contribution in [2.24, 2.45) is 0 Å². The van der Waals surface area contributed by atoms with Crippen molar-refractivity contribution >= 4 is 33.3 Å². The smallest absolute Gasteiger partial charge is 0.238 e. The Labute approximate surface area is 194 Å². The van der Waals surface area contributed by atoms with Crippen LogP contribution in [0.25, 0.3) is 6.08 Å². The quantitative estimate of drug-likeness (QED) is 0.383. The Balaban J connectivity index is 1.78. The molecule has 32 heavy (non-hydrogen) atoms. The zero-order valence-electron chi connectivity index (χ0n) is 17.7. The average Bonchev–Trinajstić information content (AvgIpc) is 3.31. The van der Waals surface area contributed by atoms with Gasteiger partial charge in [0.15, 0.2) is 0 Å². The second kappa shape index (κ2) is 11.6. The van der Waals surface area contributed by atoms with Crippen LogP contribution in [-0.2, 0) is 27.9 Å². The molecule has 3 aromatic rings. The molecule has 0 saturated heterocycles. The lowest BCUT2D eigenvalue weighted by Crippen LogP contribution is -2.41. The van der Waals surface area contributed by atoms with Crippen LogP contribution in [0.5, 0.6) is 0 Å². The molecule has 0 aliphatic heterocycles. The number of amides is 1. The summed E-state index contributed by atoms with van der Waals surface area (Å²) < 4.78 is 27.0. The Morgan fingerprint density at radius 2 is 1.62 bits per heavy atom. The summed E-state index contributed by atoms with van der Waals surface area (Å²) >= 11 is 1.57. The highest BCUT2D eigenvalue weighted by Crippen LogP contribution is 2.16. The monoisotopic (exact) mass is 466 g/mol. The van der Waals surface area contributed by atoms with Crippen LogP contribution in [0.1, 0.15) is 16.0 Å². The van der Waals surface area contributed by atoms with Crippen molar-refractivity contribution in [2.45, 2.75) is 13.1 Å². The first-order valence-corrected chi connectivity index (χ1v) is 12.5. The fourth-order valence-electron chi connectivity index (χ4n) is 3.09. The van der Waals surface area contributed by atoms with E-state index >= 15 is 0 Å². The summed E-state index contributed by atoms with van der Waals surface area (Å²) in [6.07, 6.45) is 3.02. The summed E-state index contributed by atoms with van der Waals surface area (Å²) in [6.45, 7) is 4.27. The minimum atomic E-state index is -3.81. The van der Waals surface area contributed by atoms with E-state index in [9.17, 15) is 13.2 Å². The Kier molecular flexibility index (Phi) is 8.56. The molecule has 0 spiro atoms. The largest absolute Gasteiger partial charge is 0.332 e. The standard InChI is InChI=1S/C25H26N2O3S2/c1-2-16-27(32(29,30)18-15-22-10-5-3-6-11-22)21-25(28)26(20-24-14-9-17-31-24)19-23-12-7-4-8-13-23/h2-15,17-18H,1,16,19-21H2. The van der Waals surface area contributed by atoms with Gasteiger partial charge in [0.25, 0.3) is 0 Å². The van der Waals surface area contributed by atoms with Gasteiger partial charge in [0.2, 0.25) is 15.9 Å². The van der Waals surface area contributed by atoms with Gasteiger partial charge in [-0.3, -0.25) is 4.79 Å². The van der Waals surface area contributed by atoms with E-state index in [-0.39, 0.29) is 19.0 Å². The molecule has 1 amide bonds. The molecule has 5 nitrogen and oxygen atoms in total. The molecule has 2 aromatic carbocycles. The lowest BCUT2D eigenvalue weighted by Gasteiger charge is -2.26. The number of thiophene rings is 1. The van der Waals surface area contributed by atoms with Gasteiger partial charge in [-0.15, -0.1) is 17.9 Å². The summed E-state index contributed by atoms with van der Waals surface area (Å²) in [5.41, 5.74) is 1.75. The molecule has 0 aliphatic carbocycles. The number of rotatable bonds is 11. The van der Waals surface area contributed by atoms with Crippen LogP contribution in [0.3, 0.4) is 0 Å². The van der Waals surface area contributed by atoms with Crippen LogP contribution < -0.4 is 0 Å². The fourth-order valence-corrected chi connectivity index (χ4v) is 4.92. The molecular weight excluding hydrogens is 440 g/mol. The SMILES string of the molecule is C=CCN(CC(=O)N(Cc1ccccc1)Cc1cccs1)S(=O)(=O)C=Cc1ccccc1. The zero-order chi connectivity index (χ0) is 22.8. The molecule has 0 bridgehead atoms. The second-order valence-corrected chi connectivity index (χ2v) is 10.0. The van der Waals surface area contributed by atoms with Gasteiger partial charge in [-0.2, -0.15) is 4.31 Å². The third-order valence-corrected chi connectivity index (χ3v) is 7.07. The Morgan fingerprint density at radius 1 is 0.938 bits per heavy atom. The van der Waals surface area contributed by atoms with Crippen molar-refractivity contribution < 1.29 is 13.2 Å². The molecule has 3 rings (SSSR count). The highest BCUT2D eigenvalue weighted by atomic mass is 32.2. The molecule has 0 N–H and O–H groups in total. The van der Waals surface area contributed by atoms with Crippen LogP contribution in [0.2, 0.25) is 0 Å². The first kappa shape index (κ1) is 23.7. The second-order valence-electron chi connectivity index (χ2n) is 7.15. The number of nitrogens with zero attached hydrogens (tertiary/aromatic N) is 2. The van der Waals surface area contributed by atoms with Crippen LogP contribution in [0.4, 0.5) is 0 Å². The average molecular weight is 467 g/mol. The molecule has 0 atom stereocenters. The van der Waals surface area contributed by atoms with E-state index in [2.05, 4.69) is 6.58 Å². The lowest BCUT2D eigenvalue weighted by molar-refractivity contribution is -0.132. The zero-order valence-corrected chi connectivity index (χ0v) is 19.3. The van der Waals surface area contributed by atoms with Gasteiger partial charge in [0.1, 0.15) is 0 Å². The summed E-state index contributed by atoms with van der Waals surface area (Å²) in [7, 11) is -3.81. The maximum absolute atomic E-state index is 13.2. The number of carbonyl (C=O) groups is 1. The summed E-state index contributed by atoms with van der Waals surface area (Å²) in [5, 5.41) is 3.10. The maximum Gasteiger partial charge on any atom is 0.238 e. The lowest BCUT2D eigenvalue weighted by atomic mass is 10.2. The van der Waals surface area contributed by atoms with Gasteiger partial charge in [-0.25, -0.2) is 8.42 Å². The van der Waals surface area contributed by atoms with Crippen molar-refractivity contribution in [1.29, 1.82) is 0 Å². The predicted molar refractivity (Wildman–Crippen MR) is 131 cm³/mol. The molecule has 7 heteroatoms. The van der Waals surface area contributed by atoms with Crippen LogP contribution in [0, 0.1) is 0 Å². The number of hydrogen-bond acceptors (Lipinski definition) is 4. The maximum atomic E-state index is 13.2. The minimum absolute atomic E-state index is 0.0470. The molecule has 166 valence electrons. The number of benzene rings is 2. The van der Waals surface area contributed by atoms with E-state index in [1.807, 2.05) is 78.2 Å². The minimum Gasteiger partial charge on any atom is -0.332 e. The molecule has 0 unspecified atom stereocenters. The van der Waals surface area contributed by atoms with E-state index in [0.717, 1.165) is 25.7 Å². The Morgan fingerprint density at radius 3 is 2.25 bits per heavy atom. The van der Waals surface area contributed by atoms with E-state index < -0.39 is 10.0 Å². The Hall–Kier alpha value is -3.00. The van der Waals surface area contributed by atoms with Crippen molar-refractivity contribution in [3.05, 3.63) is 112 Å². The third-order valence-electron chi connectivity index (χ3n) is 4.73. The number of hydrogen-bond donors (Lipinski definition) is 0. The molecule has 1 heterocycles. The van der Waals surface area contributed by atoms with Gasteiger partial charge >= 0.3 is 0 Å². The first-order valence-electron chi connectivity index (χ1n) is 10.2. The normalized spacial score (nSPS) is 11.7. The number of carbonyl (C=O) groups excluding carboxylic acids is 1. The summed E-state index contributed by atoms with van der Waals surface area (Å²) in [4.78, 5) is 16.0. The van der Waals surface area contributed by atoms with Gasteiger partial charge in [-0.05, 0) is 28.6 Å². The van der Waals surface area contributed by atoms with Crippen LogP contribution in [0.15, 0.2) is 96.2 Å². The van der Waals surface area contributed by atoms with E-state index in [1.54, 1.807) is 16.2 Å². The van der Waals surface area contributed by atoms with Crippen molar-refractivity contribution in [1.82, 2.24) is 9.21 Å². The number of sulfonamides is 1. The van der Waals surface area contributed by atoms with Crippen molar-refractivity contribution in [3.63, 3.8) is 0 Å². The van der Waals surface area contributed by atoms with Gasteiger partial charge in [0.05, 0.1) is 13.1 Å². The highest BCUT2D eigenvalue weighted by molar-refractivity contribution is 7.92. The molecule has 0 saturated carbocycles. The van der Waals surface area contributed by atoms with E-state index in [1.165, 1.54) is 12.2 Å². The third kappa shape index (κ3) is 7.02. The van der Waals surface area contributed by atoms with Crippen molar-refractivity contribution in [2.75, 3.05) is 13.1 Å². The van der Waals surface area contributed by atoms with Gasteiger partial charge in [-0.1, -0.05) is 72.8 Å². The summed E-state index contributed by atoms with van der Waals surface area (Å²) in [5.74, 6) is -0.263. The first-order chi connectivity index (χ1) is 15.5. The fraction of sp³-hybridized carbons (Fsp3) is 0.160. The van der Waals surface area contributed by atoms with Crippen molar-refractivity contribution in [3.8, 4) is 0 Å². The molecule has 0 fully saturated rings. The topological polar surface area (TPSA) is 57.7 Å². The van der Waals surface area contributed by atoms with E-state index in [4.69, 9.17) is 0 Å². The molecule has 1 aromatic heterocycles. The highest BCUT2D eigenvalue weighted by Gasteiger charge is 2.24. The van der Waals surface area contributed by atoms with Crippen LogP contribution in [-0.4, -0.2) is 36.6 Å². The van der Waals surface area contributed by atoms with Gasteiger partial charge in [0, 0.05) is 23.4 Å². The molecular formula is C25H26N2O3S2. The van der Waals surface area contributed by atoms with E-state index in [0.29, 0.717) is 13.1 Å². The summed E-state index contributed by atoms with van der Waals surface area (Å²) in [6, 6.07) is 22.8.